The molecule has 0 aromatic carbocycles. The Hall–Kier alpha value is -0.0800. The van der Waals surface area contributed by atoms with Crippen LogP contribution in [0.4, 0.5) is 0 Å². The number of hydrogen-bond acceptors (Lipinski definition) is 2. The lowest BCUT2D eigenvalue weighted by atomic mass is 9.76. The molecule has 2 nitrogen and oxygen atoms in total. The summed E-state index contributed by atoms with van der Waals surface area (Å²) in [6, 6.07) is 1.30. The van der Waals surface area contributed by atoms with Gasteiger partial charge in [-0.3, -0.25) is 0 Å². The van der Waals surface area contributed by atoms with Crippen LogP contribution in [0.5, 0.6) is 0 Å². The number of piperidine rings is 1. The van der Waals surface area contributed by atoms with Crippen molar-refractivity contribution >= 4 is 0 Å². The van der Waals surface area contributed by atoms with Gasteiger partial charge in [0, 0.05) is 12.1 Å². The molecule has 0 aromatic heterocycles. The molecule has 1 aliphatic heterocycles. The molecule has 0 radical (unpaired) electrons. The average Bonchev–Trinajstić information content (AvgIpc) is 2.12. The summed E-state index contributed by atoms with van der Waals surface area (Å²) in [5.74, 6) is 0.803. The van der Waals surface area contributed by atoms with Gasteiger partial charge >= 0.3 is 0 Å². The number of fused-ring (bicyclic) bond motifs is 1. The molecule has 1 aliphatic carbocycles. The molecule has 1 saturated carbocycles. The fraction of sp³-hybridized carbons (Fsp3) is 1.00. The van der Waals surface area contributed by atoms with Crippen LogP contribution >= 0.6 is 0 Å². The SMILES string of the molecule is CN1CC[C@H](N)[C@@H]2CCCC[C@@H]21. The summed E-state index contributed by atoms with van der Waals surface area (Å²) in [5.41, 5.74) is 6.12. The second kappa shape index (κ2) is 3.35. The second-order valence-electron chi connectivity index (χ2n) is 4.45. The fourth-order valence-corrected chi connectivity index (χ4v) is 2.92. The number of nitrogens with two attached hydrogens (primary N) is 1. The standard InChI is InChI=1S/C10H20N2/c1-12-7-6-9(11)8-4-2-3-5-10(8)12/h8-10H,2-7,11H2,1H3/t8-,9-,10-/m0/s1. The molecule has 0 unspecified atom stereocenters. The minimum atomic E-state index is 0.492. The predicted octanol–water partition coefficient (Wildman–Crippen LogP) is 1.21. The zero-order chi connectivity index (χ0) is 8.55. The Labute approximate surface area is 75.1 Å². The van der Waals surface area contributed by atoms with E-state index < -0.39 is 0 Å². The lowest BCUT2D eigenvalue weighted by molar-refractivity contribution is 0.0679. The summed E-state index contributed by atoms with van der Waals surface area (Å²) in [5, 5.41) is 0. The first-order chi connectivity index (χ1) is 5.79. The lowest BCUT2D eigenvalue weighted by Gasteiger charge is -2.45. The monoisotopic (exact) mass is 168 g/mol. The third kappa shape index (κ3) is 1.38. The van der Waals surface area contributed by atoms with Gasteiger partial charge in [0.2, 0.25) is 0 Å². The molecular weight excluding hydrogens is 148 g/mol. The van der Waals surface area contributed by atoms with Crippen LogP contribution in [0.2, 0.25) is 0 Å². The maximum absolute atomic E-state index is 6.12. The summed E-state index contributed by atoms with van der Waals surface area (Å²) >= 11 is 0. The molecule has 1 heterocycles. The predicted molar refractivity (Wildman–Crippen MR) is 51.0 cm³/mol. The Bertz CT molecular complexity index is 140. The van der Waals surface area contributed by atoms with Gasteiger partial charge < -0.3 is 10.6 Å². The molecule has 3 atom stereocenters. The van der Waals surface area contributed by atoms with Crippen molar-refractivity contribution in [3.05, 3.63) is 0 Å². The fourth-order valence-electron chi connectivity index (χ4n) is 2.92. The highest BCUT2D eigenvalue weighted by atomic mass is 15.1. The van der Waals surface area contributed by atoms with E-state index in [-0.39, 0.29) is 0 Å². The van der Waals surface area contributed by atoms with Crippen LogP contribution < -0.4 is 5.73 Å². The number of nitrogens with zero attached hydrogens (tertiary/aromatic N) is 1. The van der Waals surface area contributed by atoms with Crippen LogP contribution in [0.25, 0.3) is 0 Å². The smallest absolute Gasteiger partial charge is 0.0135 e. The summed E-state index contributed by atoms with van der Waals surface area (Å²) in [6.07, 6.45) is 6.78. The van der Waals surface area contributed by atoms with Gasteiger partial charge in [-0.15, -0.1) is 0 Å². The van der Waals surface area contributed by atoms with E-state index in [1.807, 2.05) is 0 Å². The lowest BCUT2D eigenvalue weighted by Crippen LogP contribution is -2.53. The third-order valence-corrected chi connectivity index (χ3v) is 3.71. The molecule has 2 heteroatoms. The second-order valence-corrected chi connectivity index (χ2v) is 4.45. The van der Waals surface area contributed by atoms with E-state index in [0.717, 1.165) is 12.0 Å². The van der Waals surface area contributed by atoms with E-state index in [0.29, 0.717) is 6.04 Å². The van der Waals surface area contributed by atoms with E-state index in [1.54, 1.807) is 0 Å². The Kier molecular flexibility index (Phi) is 2.37. The Morgan fingerprint density at radius 1 is 1.17 bits per heavy atom. The maximum Gasteiger partial charge on any atom is 0.0135 e. The van der Waals surface area contributed by atoms with Crippen molar-refractivity contribution in [3.63, 3.8) is 0 Å². The number of likely N-dealkylation sites (tertiary alicyclic amines) is 1. The minimum Gasteiger partial charge on any atom is -0.327 e. The highest BCUT2D eigenvalue weighted by molar-refractivity contribution is 4.92. The topological polar surface area (TPSA) is 29.3 Å². The zero-order valence-electron chi connectivity index (χ0n) is 8.00. The normalized spacial score (nSPS) is 44.0. The van der Waals surface area contributed by atoms with Gasteiger partial charge in [0.25, 0.3) is 0 Å². The third-order valence-electron chi connectivity index (χ3n) is 3.71. The summed E-state index contributed by atoms with van der Waals surface area (Å²) in [7, 11) is 2.26. The van der Waals surface area contributed by atoms with E-state index in [4.69, 9.17) is 5.73 Å². The Morgan fingerprint density at radius 3 is 2.67 bits per heavy atom. The van der Waals surface area contributed by atoms with Crippen molar-refractivity contribution in [1.29, 1.82) is 0 Å². The van der Waals surface area contributed by atoms with E-state index in [9.17, 15) is 0 Å². The summed E-state index contributed by atoms with van der Waals surface area (Å²) in [6.45, 7) is 1.21. The Morgan fingerprint density at radius 2 is 1.92 bits per heavy atom. The van der Waals surface area contributed by atoms with Gasteiger partial charge in [-0.1, -0.05) is 12.8 Å². The van der Waals surface area contributed by atoms with Crippen molar-refractivity contribution in [3.8, 4) is 0 Å². The van der Waals surface area contributed by atoms with Gasteiger partial charge in [-0.2, -0.15) is 0 Å². The van der Waals surface area contributed by atoms with Gasteiger partial charge in [-0.25, -0.2) is 0 Å². The number of hydrogen-bond donors (Lipinski definition) is 1. The van der Waals surface area contributed by atoms with Crippen LogP contribution in [0.15, 0.2) is 0 Å². The molecule has 0 bridgehead atoms. The highest BCUT2D eigenvalue weighted by Crippen LogP contribution is 2.33. The molecule has 2 N–H and O–H groups in total. The molecule has 12 heavy (non-hydrogen) atoms. The maximum atomic E-state index is 6.12. The van der Waals surface area contributed by atoms with Gasteiger partial charge in [-0.05, 0) is 38.8 Å². The van der Waals surface area contributed by atoms with Crippen molar-refractivity contribution in [1.82, 2.24) is 4.90 Å². The van der Waals surface area contributed by atoms with Crippen molar-refractivity contribution in [2.75, 3.05) is 13.6 Å². The molecule has 0 amide bonds. The zero-order valence-corrected chi connectivity index (χ0v) is 8.00. The first-order valence-corrected chi connectivity index (χ1v) is 5.25. The van der Waals surface area contributed by atoms with Crippen LogP contribution in [-0.4, -0.2) is 30.6 Å². The molecule has 2 fully saturated rings. The summed E-state index contributed by atoms with van der Waals surface area (Å²) < 4.78 is 0. The first kappa shape index (κ1) is 8.52. The molecular formula is C10H20N2. The minimum absolute atomic E-state index is 0.492. The molecule has 1 saturated heterocycles. The van der Waals surface area contributed by atoms with Crippen LogP contribution in [0.3, 0.4) is 0 Å². The molecule has 70 valence electrons. The van der Waals surface area contributed by atoms with Crippen molar-refractivity contribution < 1.29 is 0 Å². The summed E-state index contributed by atoms with van der Waals surface area (Å²) in [4.78, 5) is 2.52. The van der Waals surface area contributed by atoms with Crippen molar-refractivity contribution in [2.24, 2.45) is 11.7 Å². The van der Waals surface area contributed by atoms with Gasteiger partial charge in [0.1, 0.15) is 0 Å². The van der Waals surface area contributed by atoms with Crippen LogP contribution in [0, 0.1) is 5.92 Å². The molecule has 0 aromatic rings. The molecule has 0 spiro atoms. The molecule has 2 aliphatic rings. The first-order valence-electron chi connectivity index (χ1n) is 5.25. The van der Waals surface area contributed by atoms with Gasteiger partial charge in [0.05, 0.1) is 0 Å². The highest BCUT2D eigenvalue weighted by Gasteiger charge is 2.35. The average molecular weight is 168 g/mol. The van der Waals surface area contributed by atoms with Crippen LogP contribution in [-0.2, 0) is 0 Å². The van der Waals surface area contributed by atoms with Crippen molar-refractivity contribution in [2.45, 2.75) is 44.2 Å². The van der Waals surface area contributed by atoms with Crippen LogP contribution in [0.1, 0.15) is 32.1 Å². The van der Waals surface area contributed by atoms with E-state index in [1.165, 1.54) is 38.6 Å². The van der Waals surface area contributed by atoms with E-state index in [2.05, 4.69) is 11.9 Å². The largest absolute Gasteiger partial charge is 0.327 e. The quantitative estimate of drug-likeness (QED) is 0.589. The van der Waals surface area contributed by atoms with E-state index >= 15 is 0 Å². The molecule has 2 rings (SSSR count). The van der Waals surface area contributed by atoms with Gasteiger partial charge in [0.15, 0.2) is 0 Å². The number of rotatable bonds is 0. The Balaban J connectivity index is 2.05.